The minimum Gasteiger partial charge on any atom is -0.311 e. The lowest BCUT2D eigenvalue weighted by Gasteiger charge is -2.21. The number of aryl methyl sites for hydroxylation is 1. The summed E-state index contributed by atoms with van der Waals surface area (Å²) < 4.78 is 1.75. The maximum Gasteiger partial charge on any atom is 0.222 e. The van der Waals surface area contributed by atoms with Gasteiger partial charge in [-0.05, 0) is 33.2 Å². The number of carbonyl (C=O) groups excluding carboxylic acids is 1. The average molecular weight is 287 g/mol. The summed E-state index contributed by atoms with van der Waals surface area (Å²) in [4.78, 5) is 16.0. The Bertz CT molecular complexity index is 685. The lowest BCUT2D eigenvalue weighted by molar-refractivity contribution is -0.114. The number of hydrogen-bond donors (Lipinski definition) is 2. The Morgan fingerprint density at radius 1 is 1.43 bits per heavy atom. The molecule has 1 fully saturated rings. The zero-order chi connectivity index (χ0) is 15.0. The van der Waals surface area contributed by atoms with Gasteiger partial charge in [0, 0.05) is 24.2 Å². The van der Waals surface area contributed by atoms with E-state index in [4.69, 9.17) is 0 Å². The Morgan fingerprint density at radius 2 is 2.24 bits per heavy atom. The fraction of sp³-hybridized carbons (Fsp3) is 0.533. The first-order valence-corrected chi connectivity index (χ1v) is 7.44. The fourth-order valence-electron chi connectivity index (χ4n) is 2.81. The van der Waals surface area contributed by atoms with Gasteiger partial charge in [0.25, 0.3) is 0 Å². The molecule has 1 amide bonds. The van der Waals surface area contributed by atoms with Crippen molar-refractivity contribution in [2.24, 2.45) is 0 Å². The van der Waals surface area contributed by atoms with Gasteiger partial charge in [0.2, 0.25) is 5.91 Å². The maximum absolute atomic E-state index is 11.4. The average Bonchev–Trinajstić information content (AvgIpc) is 2.88. The predicted molar refractivity (Wildman–Crippen MR) is 81.4 cm³/mol. The summed E-state index contributed by atoms with van der Waals surface area (Å²) in [6.45, 7) is 6.44. The molecule has 1 atom stereocenters. The van der Waals surface area contributed by atoms with Crippen molar-refractivity contribution in [3.8, 4) is 0 Å². The lowest BCUT2D eigenvalue weighted by atomic mass is 10.0. The van der Waals surface area contributed by atoms with Crippen LogP contribution < -0.4 is 10.6 Å². The number of aromatic nitrogens is 3. The topological polar surface area (TPSA) is 71.3 Å². The summed E-state index contributed by atoms with van der Waals surface area (Å²) in [6.07, 6.45) is 3.53. The molecule has 0 saturated carbocycles. The smallest absolute Gasteiger partial charge is 0.222 e. The van der Waals surface area contributed by atoms with Gasteiger partial charge in [0.1, 0.15) is 5.82 Å². The van der Waals surface area contributed by atoms with Crippen molar-refractivity contribution < 1.29 is 4.79 Å². The number of anilines is 1. The number of rotatable bonds is 2. The molecule has 112 valence electrons. The van der Waals surface area contributed by atoms with E-state index in [1.165, 1.54) is 19.8 Å². The number of carbonyl (C=O) groups is 1. The molecule has 2 aromatic rings. The van der Waals surface area contributed by atoms with E-state index in [-0.39, 0.29) is 11.9 Å². The number of nitrogens with one attached hydrogen (secondary N) is 2. The number of fused-ring (bicyclic) bond motifs is 1. The van der Waals surface area contributed by atoms with Crippen molar-refractivity contribution >= 4 is 17.4 Å². The molecule has 0 bridgehead atoms. The summed E-state index contributed by atoms with van der Waals surface area (Å²) in [5.41, 5.74) is 3.64. The lowest BCUT2D eigenvalue weighted by Crippen LogP contribution is -2.27. The van der Waals surface area contributed by atoms with Crippen molar-refractivity contribution in [1.29, 1.82) is 0 Å². The first-order chi connectivity index (χ1) is 10.1. The zero-order valence-corrected chi connectivity index (χ0v) is 12.7. The minimum atomic E-state index is -0.0992. The van der Waals surface area contributed by atoms with Crippen molar-refractivity contribution in [2.75, 3.05) is 11.9 Å². The van der Waals surface area contributed by atoms with E-state index in [1.807, 2.05) is 19.9 Å². The van der Waals surface area contributed by atoms with Gasteiger partial charge in [-0.1, -0.05) is 6.42 Å². The quantitative estimate of drug-likeness (QED) is 0.887. The molecule has 6 nitrogen and oxygen atoms in total. The van der Waals surface area contributed by atoms with Crippen molar-refractivity contribution in [3.05, 3.63) is 23.0 Å². The molecule has 21 heavy (non-hydrogen) atoms. The number of amides is 1. The van der Waals surface area contributed by atoms with Gasteiger partial charge in [0.15, 0.2) is 5.65 Å². The molecule has 1 unspecified atom stereocenters. The van der Waals surface area contributed by atoms with E-state index in [2.05, 4.69) is 20.7 Å². The maximum atomic E-state index is 11.4. The second-order valence-electron chi connectivity index (χ2n) is 5.69. The number of piperidine rings is 1. The van der Waals surface area contributed by atoms with E-state index in [9.17, 15) is 4.79 Å². The Morgan fingerprint density at radius 3 is 2.90 bits per heavy atom. The highest BCUT2D eigenvalue weighted by atomic mass is 16.1. The SMILES string of the molecule is CC(=O)Nc1c(C)c(C)nc2cc(C3CCCCN3)nn12. The second-order valence-corrected chi connectivity index (χ2v) is 5.69. The summed E-state index contributed by atoms with van der Waals surface area (Å²) in [5.74, 6) is 0.616. The van der Waals surface area contributed by atoms with Crippen LogP contribution in [0.4, 0.5) is 5.82 Å². The van der Waals surface area contributed by atoms with Gasteiger partial charge >= 0.3 is 0 Å². The normalized spacial score (nSPS) is 18.9. The summed E-state index contributed by atoms with van der Waals surface area (Å²) in [5, 5.41) is 11.0. The van der Waals surface area contributed by atoms with Crippen LogP contribution in [-0.2, 0) is 4.79 Å². The van der Waals surface area contributed by atoms with Crippen LogP contribution in [0.15, 0.2) is 6.07 Å². The highest BCUT2D eigenvalue weighted by Gasteiger charge is 2.20. The molecule has 3 heterocycles. The van der Waals surface area contributed by atoms with Gasteiger partial charge in [-0.25, -0.2) is 4.98 Å². The largest absolute Gasteiger partial charge is 0.311 e. The summed E-state index contributed by atoms with van der Waals surface area (Å²) in [6, 6.07) is 2.30. The zero-order valence-electron chi connectivity index (χ0n) is 12.7. The van der Waals surface area contributed by atoms with Crippen molar-refractivity contribution in [3.63, 3.8) is 0 Å². The van der Waals surface area contributed by atoms with Crippen LogP contribution in [0.25, 0.3) is 5.65 Å². The van der Waals surface area contributed by atoms with Crippen molar-refractivity contribution in [2.45, 2.75) is 46.1 Å². The molecular formula is C15H21N5O. The van der Waals surface area contributed by atoms with Gasteiger partial charge in [-0.2, -0.15) is 9.61 Å². The molecule has 3 rings (SSSR count). The predicted octanol–water partition coefficient (Wildman–Crippen LogP) is 2.12. The molecule has 2 N–H and O–H groups in total. The summed E-state index contributed by atoms with van der Waals surface area (Å²) in [7, 11) is 0. The monoisotopic (exact) mass is 287 g/mol. The first kappa shape index (κ1) is 14.0. The number of hydrogen-bond acceptors (Lipinski definition) is 4. The molecule has 1 saturated heterocycles. The highest BCUT2D eigenvalue weighted by Crippen LogP contribution is 2.25. The molecule has 0 aromatic carbocycles. The standard InChI is InChI=1S/C15H21N5O/c1-9-10(2)17-14-8-13(12-6-4-5-7-16-12)19-20(14)15(9)18-11(3)21/h8,12,16H,4-7H2,1-3H3,(H,18,21). The Hall–Kier alpha value is -1.95. The van der Waals surface area contributed by atoms with E-state index < -0.39 is 0 Å². The molecule has 2 aromatic heterocycles. The van der Waals surface area contributed by atoms with Crippen LogP contribution in [0.2, 0.25) is 0 Å². The van der Waals surface area contributed by atoms with Crippen LogP contribution in [0.5, 0.6) is 0 Å². The molecule has 0 radical (unpaired) electrons. The molecule has 1 aliphatic rings. The van der Waals surface area contributed by atoms with Gasteiger partial charge < -0.3 is 10.6 Å². The van der Waals surface area contributed by atoms with E-state index >= 15 is 0 Å². The van der Waals surface area contributed by atoms with Crippen LogP contribution >= 0.6 is 0 Å². The van der Waals surface area contributed by atoms with Gasteiger partial charge in [0.05, 0.1) is 11.7 Å². The van der Waals surface area contributed by atoms with Crippen LogP contribution in [0.1, 0.15) is 49.2 Å². The third-order valence-corrected chi connectivity index (χ3v) is 4.06. The molecule has 0 aliphatic carbocycles. The highest BCUT2D eigenvalue weighted by molar-refractivity contribution is 5.89. The van der Waals surface area contributed by atoms with E-state index in [1.54, 1.807) is 4.52 Å². The third kappa shape index (κ3) is 2.63. The first-order valence-electron chi connectivity index (χ1n) is 7.44. The minimum absolute atomic E-state index is 0.0992. The van der Waals surface area contributed by atoms with Crippen LogP contribution in [0.3, 0.4) is 0 Å². The Labute approximate surface area is 123 Å². The summed E-state index contributed by atoms with van der Waals surface area (Å²) >= 11 is 0. The van der Waals surface area contributed by atoms with Crippen LogP contribution in [0, 0.1) is 13.8 Å². The third-order valence-electron chi connectivity index (χ3n) is 4.06. The van der Waals surface area contributed by atoms with E-state index in [0.29, 0.717) is 5.82 Å². The van der Waals surface area contributed by atoms with Gasteiger partial charge in [-0.3, -0.25) is 4.79 Å². The number of nitrogens with zero attached hydrogens (tertiary/aromatic N) is 3. The molecule has 0 spiro atoms. The van der Waals surface area contributed by atoms with E-state index in [0.717, 1.165) is 35.6 Å². The Balaban J connectivity index is 2.09. The molecule has 6 heteroatoms. The second kappa shape index (κ2) is 5.44. The molecule has 1 aliphatic heterocycles. The fourth-order valence-corrected chi connectivity index (χ4v) is 2.81. The Kier molecular flexibility index (Phi) is 3.63. The van der Waals surface area contributed by atoms with Gasteiger partial charge in [-0.15, -0.1) is 0 Å². The molecular weight excluding hydrogens is 266 g/mol. The van der Waals surface area contributed by atoms with Crippen molar-refractivity contribution in [1.82, 2.24) is 19.9 Å². The van der Waals surface area contributed by atoms with Crippen LogP contribution in [-0.4, -0.2) is 27.0 Å².